The smallest absolute Gasteiger partial charge is 0.159 e. The molecule has 28 heavy (non-hydrogen) atoms. The number of carbonyl (C=O) groups is 1. The molecular weight excluding hydrogens is 368 g/mol. The molecular formula is C24H31ClN2O. The highest BCUT2D eigenvalue weighted by Gasteiger charge is 2.28. The summed E-state index contributed by atoms with van der Waals surface area (Å²) in [4.78, 5) is 21.0. The topological polar surface area (TPSA) is 42.9 Å². The monoisotopic (exact) mass is 398 g/mol. The number of aromatic nitrogens is 2. The second kappa shape index (κ2) is 10.7. The van der Waals surface area contributed by atoms with Gasteiger partial charge in [-0.1, -0.05) is 50.5 Å². The minimum atomic E-state index is -0.0880. The molecule has 0 spiro atoms. The molecule has 150 valence electrons. The molecule has 3 rings (SSSR count). The number of aryl methyl sites for hydroxylation is 1. The molecule has 1 unspecified atom stereocenters. The van der Waals surface area contributed by atoms with Crippen molar-refractivity contribution >= 4 is 17.9 Å². The lowest BCUT2D eigenvalue weighted by Gasteiger charge is -2.31. The predicted molar refractivity (Wildman–Crippen MR) is 116 cm³/mol. The van der Waals surface area contributed by atoms with Gasteiger partial charge in [-0.3, -0.25) is 0 Å². The third-order valence-corrected chi connectivity index (χ3v) is 6.37. The van der Waals surface area contributed by atoms with Gasteiger partial charge in [0, 0.05) is 29.8 Å². The van der Waals surface area contributed by atoms with Gasteiger partial charge in [-0.25, -0.2) is 9.97 Å². The molecule has 4 heteroatoms. The van der Waals surface area contributed by atoms with Gasteiger partial charge in [-0.05, 0) is 55.1 Å². The molecule has 1 aliphatic rings. The van der Waals surface area contributed by atoms with Crippen molar-refractivity contribution in [1.29, 1.82) is 0 Å². The highest BCUT2D eigenvalue weighted by molar-refractivity contribution is 6.17. The van der Waals surface area contributed by atoms with Crippen molar-refractivity contribution < 1.29 is 4.79 Å². The first kappa shape index (κ1) is 21.0. The largest absolute Gasteiger partial charge is 0.303 e. The third-order valence-electron chi connectivity index (χ3n) is 6.10. The Morgan fingerprint density at radius 1 is 1.11 bits per heavy atom. The molecule has 1 aromatic carbocycles. The Labute approximate surface area is 173 Å². The van der Waals surface area contributed by atoms with Gasteiger partial charge < -0.3 is 4.79 Å². The normalized spacial score (nSPS) is 20.6. The second-order valence-corrected chi connectivity index (χ2v) is 8.44. The minimum absolute atomic E-state index is 0.0880. The molecule has 0 radical (unpaired) electrons. The molecule has 1 aliphatic carbocycles. The lowest BCUT2D eigenvalue weighted by Crippen LogP contribution is -2.22. The fourth-order valence-electron chi connectivity index (χ4n) is 4.43. The van der Waals surface area contributed by atoms with Crippen LogP contribution in [-0.2, 0) is 11.2 Å². The van der Waals surface area contributed by atoms with Crippen LogP contribution in [0.2, 0.25) is 0 Å². The molecule has 0 saturated heterocycles. The van der Waals surface area contributed by atoms with E-state index in [-0.39, 0.29) is 5.92 Å². The molecule has 1 fully saturated rings. The van der Waals surface area contributed by atoms with Crippen LogP contribution in [0, 0.1) is 11.8 Å². The Bertz CT molecular complexity index is 721. The highest BCUT2D eigenvalue weighted by atomic mass is 35.5. The van der Waals surface area contributed by atoms with Crippen LogP contribution in [-0.4, -0.2) is 22.1 Å². The lowest BCUT2D eigenvalue weighted by atomic mass is 9.73. The van der Waals surface area contributed by atoms with Crippen molar-refractivity contribution in [3.05, 3.63) is 47.8 Å². The molecule has 1 heterocycles. The van der Waals surface area contributed by atoms with Crippen molar-refractivity contribution in [1.82, 2.24) is 9.97 Å². The Kier molecular flexibility index (Phi) is 8.02. The number of carbonyl (C=O) groups excluding carboxylic acids is 1. The van der Waals surface area contributed by atoms with Gasteiger partial charge in [0.15, 0.2) is 5.82 Å². The van der Waals surface area contributed by atoms with E-state index in [4.69, 9.17) is 11.6 Å². The predicted octanol–water partition coefficient (Wildman–Crippen LogP) is 6.20. The highest BCUT2D eigenvalue weighted by Crippen LogP contribution is 2.38. The molecule has 1 atom stereocenters. The number of hydrogen-bond donors (Lipinski definition) is 0. The summed E-state index contributed by atoms with van der Waals surface area (Å²) < 4.78 is 0. The van der Waals surface area contributed by atoms with Gasteiger partial charge in [-0.2, -0.15) is 0 Å². The summed E-state index contributed by atoms with van der Waals surface area (Å²) in [6.45, 7) is 2.19. The summed E-state index contributed by atoms with van der Waals surface area (Å²) in [5, 5.41) is 0. The number of aldehydes is 1. The van der Waals surface area contributed by atoms with E-state index >= 15 is 0 Å². The van der Waals surface area contributed by atoms with Crippen molar-refractivity contribution in [3.63, 3.8) is 0 Å². The standard InChI is InChI=1S/C24H31ClN2O/c1-2-4-18-8-12-21(13-9-18)24-26-15-22(16-27-24)23(17-28)20-10-6-19(7-11-20)5-3-14-25/h8-9,12-13,15-17,19-20,23H,2-7,10-11,14H2,1H3. The second-order valence-electron chi connectivity index (χ2n) is 8.06. The van der Waals surface area contributed by atoms with E-state index in [1.165, 1.54) is 24.8 Å². The lowest BCUT2D eigenvalue weighted by molar-refractivity contribution is -0.110. The van der Waals surface area contributed by atoms with E-state index in [0.29, 0.717) is 5.92 Å². The SMILES string of the molecule is CCCc1ccc(-c2ncc(C(C=O)C3CCC(CCCCl)CC3)cn2)cc1. The summed E-state index contributed by atoms with van der Waals surface area (Å²) in [6, 6.07) is 8.46. The summed E-state index contributed by atoms with van der Waals surface area (Å²) in [5.74, 6) is 2.57. The number of hydrogen-bond acceptors (Lipinski definition) is 3. The molecule has 0 N–H and O–H groups in total. The Balaban J connectivity index is 1.63. The zero-order chi connectivity index (χ0) is 19.8. The number of nitrogens with zero attached hydrogens (tertiary/aromatic N) is 2. The van der Waals surface area contributed by atoms with Crippen molar-refractivity contribution in [2.24, 2.45) is 11.8 Å². The van der Waals surface area contributed by atoms with Crippen LogP contribution < -0.4 is 0 Å². The van der Waals surface area contributed by atoms with Crippen LogP contribution in [0.1, 0.15) is 68.9 Å². The molecule has 3 nitrogen and oxygen atoms in total. The quantitative estimate of drug-likeness (QED) is 0.372. The number of benzene rings is 1. The summed E-state index contributed by atoms with van der Waals surface area (Å²) in [5.41, 5.74) is 3.31. The average Bonchev–Trinajstić information content (AvgIpc) is 2.75. The molecule has 0 bridgehead atoms. The number of halogens is 1. The van der Waals surface area contributed by atoms with Crippen LogP contribution >= 0.6 is 11.6 Å². The van der Waals surface area contributed by atoms with Gasteiger partial charge in [0.2, 0.25) is 0 Å². The van der Waals surface area contributed by atoms with E-state index in [1.807, 2.05) is 12.4 Å². The van der Waals surface area contributed by atoms with Crippen molar-refractivity contribution in [2.75, 3.05) is 5.88 Å². The fourth-order valence-corrected chi connectivity index (χ4v) is 4.59. The summed E-state index contributed by atoms with van der Waals surface area (Å²) >= 11 is 5.82. The van der Waals surface area contributed by atoms with Crippen LogP contribution in [0.5, 0.6) is 0 Å². The molecule has 2 aromatic rings. The molecule has 0 amide bonds. The van der Waals surface area contributed by atoms with Gasteiger partial charge in [0.05, 0.1) is 0 Å². The van der Waals surface area contributed by atoms with Crippen LogP contribution in [0.25, 0.3) is 11.4 Å². The maximum Gasteiger partial charge on any atom is 0.159 e. The molecule has 0 aliphatic heterocycles. The van der Waals surface area contributed by atoms with Gasteiger partial charge >= 0.3 is 0 Å². The maximum atomic E-state index is 11.8. The fraction of sp³-hybridized carbons (Fsp3) is 0.542. The van der Waals surface area contributed by atoms with E-state index in [0.717, 1.165) is 67.1 Å². The van der Waals surface area contributed by atoms with Crippen LogP contribution in [0.15, 0.2) is 36.7 Å². The van der Waals surface area contributed by atoms with E-state index in [9.17, 15) is 4.79 Å². The van der Waals surface area contributed by atoms with Crippen molar-refractivity contribution in [3.8, 4) is 11.4 Å². The zero-order valence-electron chi connectivity index (χ0n) is 16.8. The number of rotatable bonds is 9. The van der Waals surface area contributed by atoms with Crippen molar-refractivity contribution in [2.45, 2.75) is 64.2 Å². The Morgan fingerprint density at radius 2 is 1.79 bits per heavy atom. The summed E-state index contributed by atoms with van der Waals surface area (Å²) in [6.07, 6.45) is 14.0. The molecule has 1 saturated carbocycles. The summed E-state index contributed by atoms with van der Waals surface area (Å²) in [7, 11) is 0. The first-order chi connectivity index (χ1) is 13.7. The number of alkyl halides is 1. The van der Waals surface area contributed by atoms with Crippen LogP contribution in [0.4, 0.5) is 0 Å². The maximum absolute atomic E-state index is 11.8. The van der Waals surface area contributed by atoms with E-state index in [2.05, 4.69) is 41.2 Å². The average molecular weight is 399 g/mol. The van der Waals surface area contributed by atoms with Gasteiger partial charge in [0.1, 0.15) is 6.29 Å². The Morgan fingerprint density at radius 3 is 2.36 bits per heavy atom. The van der Waals surface area contributed by atoms with Crippen LogP contribution in [0.3, 0.4) is 0 Å². The first-order valence-electron chi connectivity index (χ1n) is 10.7. The van der Waals surface area contributed by atoms with E-state index in [1.54, 1.807) is 0 Å². The van der Waals surface area contributed by atoms with Gasteiger partial charge in [0.25, 0.3) is 0 Å². The molecule has 1 aromatic heterocycles. The van der Waals surface area contributed by atoms with E-state index < -0.39 is 0 Å². The first-order valence-corrected chi connectivity index (χ1v) is 11.2. The zero-order valence-corrected chi connectivity index (χ0v) is 17.6. The minimum Gasteiger partial charge on any atom is -0.303 e. The van der Waals surface area contributed by atoms with Gasteiger partial charge in [-0.15, -0.1) is 11.6 Å². The third kappa shape index (κ3) is 5.41. The Hall–Kier alpha value is -1.74.